The standard InChI is InChI=1S/C20H36N2O4S2/c21-17(9-13-3-1-5-15(7-13)19(23)24)11-27-28-12-18(22)10-14-4-2-6-16(8-14)20(25)26/h13-18H,1-12,21-22H2,(H,23,24)(H,25,26). The Morgan fingerprint density at radius 3 is 1.54 bits per heavy atom. The van der Waals surface area contributed by atoms with Gasteiger partial charge in [0.1, 0.15) is 0 Å². The van der Waals surface area contributed by atoms with Crippen molar-refractivity contribution in [3.63, 3.8) is 0 Å². The fraction of sp³-hybridized carbons (Fsp3) is 0.900. The topological polar surface area (TPSA) is 127 Å². The Morgan fingerprint density at radius 2 is 1.18 bits per heavy atom. The van der Waals surface area contributed by atoms with Gasteiger partial charge in [0.25, 0.3) is 0 Å². The summed E-state index contributed by atoms with van der Waals surface area (Å²) in [5, 5.41) is 18.4. The van der Waals surface area contributed by atoms with Gasteiger partial charge in [0, 0.05) is 23.6 Å². The summed E-state index contributed by atoms with van der Waals surface area (Å²) in [5.41, 5.74) is 12.5. The SMILES string of the molecule is NC(CSSCC(N)CC1CCCC(C(=O)O)C1)CC1CCCC(C(=O)O)C1. The van der Waals surface area contributed by atoms with E-state index in [0.717, 1.165) is 75.7 Å². The van der Waals surface area contributed by atoms with Crippen LogP contribution in [0.3, 0.4) is 0 Å². The first-order chi connectivity index (χ1) is 13.3. The Kier molecular flexibility index (Phi) is 10.5. The lowest BCUT2D eigenvalue weighted by atomic mass is 9.79. The van der Waals surface area contributed by atoms with Crippen LogP contribution in [-0.4, -0.2) is 45.7 Å². The van der Waals surface area contributed by atoms with Crippen molar-refractivity contribution in [1.82, 2.24) is 0 Å². The molecule has 2 fully saturated rings. The molecule has 2 rings (SSSR count). The van der Waals surface area contributed by atoms with Crippen LogP contribution in [0.4, 0.5) is 0 Å². The Morgan fingerprint density at radius 1 is 0.786 bits per heavy atom. The van der Waals surface area contributed by atoms with Gasteiger partial charge >= 0.3 is 11.9 Å². The van der Waals surface area contributed by atoms with Crippen LogP contribution in [0.5, 0.6) is 0 Å². The zero-order chi connectivity index (χ0) is 20.5. The van der Waals surface area contributed by atoms with Crippen LogP contribution < -0.4 is 11.5 Å². The minimum absolute atomic E-state index is 0.0981. The van der Waals surface area contributed by atoms with E-state index in [0.29, 0.717) is 11.8 Å². The average Bonchev–Trinajstić information content (AvgIpc) is 2.65. The molecule has 162 valence electrons. The Labute approximate surface area is 176 Å². The van der Waals surface area contributed by atoms with E-state index in [1.807, 2.05) is 0 Å². The van der Waals surface area contributed by atoms with Gasteiger partial charge in [0.15, 0.2) is 0 Å². The molecule has 0 heterocycles. The molecule has 0 aliphatic heterocycles. The van der Waals surface area contributed by atoms with Crippen LogP contribution in [0.1, 0.15) is 64.2 Å². The molecule has 28 heavy (non-hydrogen) atoms. The van der Waals surface area contributed by atoms with E-state index in [-0.39, 0.29) is 23.9 Å². The van der Waals surface area contributed by atoms with Crippen LogP contribution in [0, 0.1) is 23.7 Å². The number of carbonyl (C=O) groups is 2. The van der Waals surface area contributed by atoms with Gasteiger partial charge in [-0.3, -0.25) is 9.59 Å². The van der Waals surface area contributed by atoms with Crippen LogP contribution in [-0.2, 0) is 9.59 Å². The molecular weight excluding hydrogens is 396 g/mol. The molecule has 0 saturated heterocycles. The van der Waals surface area contributed by atoms with Crippen molar-refractivity contribution in [3.8, 4) is 0 Å². The van der Waals surface area contributed by atoms with E-state index in [1.54, 1.807) is 21.6 Å². The largest absolute Gasteiger partial charge is 0.481 e. The van der Waals surface area contributed by atoms with Crippen molar-refractivity contribution >= 4 is 33.5 Å². The van der Waals surface area contributed by atoms with E-state index in [9.17, 15) is 19.8 Å². The molecule has 2 aliphatic carbocycles. The van der Waals surface area contributed by atoms with Gasteiger partial charge in [-0.2, -0.15) is 0 Å². The average molecular weight is 433 g/mol. The van der Waals surface area contributed by atoms with Crippen LogP contribution >= 0.6 is 21.6 Å². The van der Waals surface area contributed by atoms with Crippen molar-refractivity contribution < 1.29 is 19.8 Å². The smallest absolute Gasteiger partial charge is 0.306 e. The molecule has 0 aromatic heterocycles. The van der Waals surface area contributed by atoms with Gasteiger partial charge in [0.05, 0.1) is 11.8 Å². The quantitative estimate of drug-likeness (QED) is 0.288. The van der Waals surface area contributed by atoms with E-state index in [4.69, 9.17) is 11.5 Å². The van der Waals surface area contributed by atoms with E-state index >= 15 is 0 Å². The Hall–Kier alpha value is -0.440. The lowest BCUT2D eigenvalue weighted by molar-refractivity contribution is -0.144. The summed E-state index contributed by atoms with van der Waals surface area (Å²) >= 11 is 0. The van der Waals surface area contributed by atoms with Crippen LogP contribution in [0.25, 0.3) is 0 Å². The third kappa shape index (κ3) is 8.51. The maximum absolute atomic E-state index is 11.2. The van der Waals surface area contributed by atoms with Crippen molar-refractivity contribution in [3.05, 3.63) is 0 Å². The number of rotatable bonds is 11. The van der Waals surface area contributed by atoms with Gasteiger partial charge in [-0.25, -0.2) is 0 Å². The fourth-order valence-corrected chi connectivity index (χ4v) is 7.16. The van der Waals surface area contributed by atoms with Crippen molar-refractivity contribution in [2.75, 3.05) is 11.5 Å². The van der Waals surface area contributed by atoms with Crippen LogP contribution in [0.2, 0.25) is 0 Å². The molecule has 6 atom stereocenters. The molecule has 6 N–H and O–H groups in total. The molecule has 6 nitrogen and oxygen atoms in total. The summed E-state index contributed by atoms with van der Waals surface area (Å²) in [6.07, 6.45) is 9.14. The van der Waals surface area contributed by atoms with E-state index in [2.05, 4.69) is 0 Å². The predicted molar refractivity (Wildman–Crippen MR) is 116 cm³/mol. The highest BCUT2D eigenvalue weighted by molar-refractivity contribution is 8.76. The molecule has 0 amide bonds. The van der Waals surface area contributed by atoms with E-state index in [1.165, 1.54) is 0 Å². The maximum Gasteiger partial charge on any atom is 0.306 e. The van der Waals surface area contributed by atoms with Gasteiger partial charge < -0.3 is 21.7 Å². The first-order valence-electron chi connectivity index (χ1n) is 10.6. The minimum Gasteiger partial charge on any atom is -0.481 e. The first-order valence-corrected chi connectivity index (χ1v) is 13.0. The van der Waals surface area contributed by atoms with Crippen LogP contribution in [0.15, 0.2) is 0 Å². The van der Waals surface area contributed by atoms with Crippen molar-refractivity contribution in [2.45, 2.75) is 76.3 Å². The molecule has 0 bridgehead atoms. The zero-order valence-corrected chi connectivity index (χ0v) is 18.3. The van der Waals surface area contributed by atoms with Gasteiger partial charge in [-0.1, -0.05) is 47.3 Å². The van der Waals surface area contributed by atoms with Gasteiger partial charge in [-0.15, -0.1) is 0 Å². The third-order valence-corrected chi connectivity index (χ3v) is 8.80. The second-order valence-electron chi connectivity index (χ2n) is 8.70. The molecule has 2 aliphatic rings. The highest BCUT2D eigenvalue weighted by Gasteiger charge is 2.29. The van der Waals surface area contributed by atoms with Gasteiger partial charge in [0.2, 0.25) is 0 Å². The summed E-state index contributed by atoms with van der Waals surface area (Å²) in [6, 6.07) is 0.196. The molecule has 0 aromatic rings. The Bertz CT molecular complexity index is 465. The minimum atomic E-state index is -0.662. The zero-order valence-electron chi connectivity index (χ0n) is 16.6. The molecule has 0 spiro atoms. The molecule has 0 radical (unpaired) electrons. The predicted octanol–water partition coefficient (Wildman–Crippen LogP) is 3.58. The molecule has 6 unspecified atom stereocenters. The number of carboxylic acid groups (broad SMARTS) is 2. The summed E-state index contributed by atoms with van der Waals surface area (Å²) in [6.45, 7) is 0. The monoisotopic (exact) mass is 432 g/mol. The number of nitrogens with two attached hydrogens (primary N) is 2. The summed E-state index contributed by atoms with van der Waals surface area (Å²) in [4.78, 5) is 22.3. The molecule has 8 heteroatoms. The fourth-order valence-electron chi connectivity index (χ4n) is 4.72. The maximum atomic E-state index is 11.2. The first kappa shape index (κ1) is 23.8. The lowest BCUT2D eigenvalue weighted by Gasteiger charge is -2.29. The highest BCUT2D eigenvalue weighted by Crippen LogP contribution is 2.34. The number of carboxylic acids is 2. The van der Waals surface area contributed by atoms with Gasteiger partial charge in [-0.05, 0) is 50.4 Å². The number of aliphatic carboxylic acids is 2. The second-order valence-corrected chi connectivity index (χ2v) is 11.2. The Balaban J connectivity index is 1.56. The summed E-state index contributed by atoms with van der Waals surface area (Å²) in [5.74, 6) is 0.886. The van der Waals surface area contributed by atoms with E-state index < -0.39 is 11.9 Å². The highest BCUT2D eigenvalue weighted by atomic mass is 33.1. The number of hydrogen-bond donors (Lipinski definition) is 4. The summed E-state index contributed by atoms with van der Waals surface area (Å²) in [7, 11) is 3.51. The van der Waals surface area contributed by atoms with Crippen molar-refractivity contribution in [1.29, 1.82) is 0 Å². The molecular formula is C20H36N2O4S2. The molecule has 2 saturated carbocycles. The second kappa shape index (κ2) is 12.3. The third-order valence-electron chi connectivity index (χ3n) is 6.18. The van der Waals surface area contributed by atoms with Crippen molar-refractivity contribution in [2.24, 2.45) is 35.1 Å². The summed E-state index contributed by atoms with van der Waals surface area (Å²) < 4.78 is 0. The normalized spacial score (nSPS) is 30.5. The number of hydrogen-bond acceptors (Lipinski definition) is 6. The molecule has 0 aromatic carbocycles. The lowest BCUT2D eigenvalue weighted by Crippen LogP contribution is -2.31.